The second-order valence-corrected chi connectivity index (χ2v) is 5.64. The molecule has 1 aliphatic rings. The average Bonchev–Trinajstić information content (AvgIpc) is 3.28. The summed E-state index contributed by atoms with van der Waals surface area (Å²) in [7, 11) is 0. The van der Waals surface area contributed by atoms with Gasteiger partial charge in [-0.15, -0.1) is 0 Å². The van der Waals surface area contributed by atoms with Crippen molar-refractivity contribution in [3.05, 3.63) is 42.1 Å². The molecule has 0 unspecified atom stereocenters. The number of aryl methyl sites for hydroxylation is 1. The Morgan fingerprint density at radius 2 is 2.18 bits per heavy atom. The summed E-state index contributed by atoms with van der Waals surface area (Å²) in [5, 5.41) is 2.98. The number of pyridine rings is 1. The number of hydrogen-bond acceptors (Lipinski definition) is 4. The molecule has 0 spiro atoms. The fourth-order valence-corrected chi connectivity index (χ4v) is 2.41. The van der Waals surface area contributed by atoms with E-state index in [0.717, 1.165) is 29.7 Å². The topological polar surface area (TPSA) is 68.0 Å². The van der Waals surface area contributed by atoms with E-state index in [2.05, 4.69) is 15.3 Å². The number of anilines is 1. The third kappa shape index (κ3) is 2.35. The van der Waals surface area contributed by atoms with Crippen LogP contribution in [0.1, 0.15) is 18.4 Å². The molecule has 1 saturated carbocycles. The minimum absolute atomic E-state index is 0.113. The number of carbonyl (C=O) groups is 1. The largest absolute Gasteiger partial charge is 0.434 e. The number of benzene rings is 1. The van der Waals surface area contributed by atoms with Gasteiger partial charge in [0.15, 0.2) is 11.2 Å². The molecule has 3 aromatic rings. The molecule has 110 valence electrons. The number of nitrogens with zero attached hydrogens (tertiary/aromatic N) is 2. The summed E-state index contributed by atoms with van der Waals surface area (Å²) in [6.45, 7) is 1.97. The Morgan fingerprint density at radius 3 is 2.91 bits per heavy atom. The first-order valence-corrected chi connectivity index (χ1v) is 7.34. The van der Waals surface area contributed by atoms with Crippen molar-refractivity contribution < 1.29 is 9.21 Å². The molecule has 22 heavy (non-hydrogen) atoms. The van der Waals surface area contributed by atoms with Crippen molar-refractivity contribution in [2.75, 3.05) is 5.32 Å². The first-order valence-electron chi connectivity index (χ1n) is 7.34. The number of rotatable bonds is 3. The maximum atomic E-state index is 11.8. The van der Waals surface area contributed by atoms with Crippen molar-refractivity contribution in [3.8, 4) is 11.5 Å². The molecule has 5 heteroatoms. The van der Waals surface area contributed by atoms with Gasteiger partial charge < -0.3 is 9.73 Å². The fourth-order valence-electron chi connectivity index (χ4n) is 2.41. The number of hydrogen-bond donors (Lipinski definition) is 1. The predicted octanol–water partition coefficient (Wildman–Crippen LogP) is 3.55. The smallest absolute Gasteiger partial charge is 0.228 e. The Balaban J connectivity index is 1.64. The minimum Gasteiger partial charge on any atom is -0.434 e. The summed E-state index contributed by atoms with van der Waals surface area (Å²) in [6.07, 6.45) is 3.69. The van der Waals surface area contributed by atoms with E-state index in [1.54, 1.807) is 6.20 Å². The second kappa shape index (κ2) is 4.94. The highest BCUT2D eigenvalue weighted by atomic mass is 16.3. The van der Waals surface area contributed by atoms with Gasteiger partial charge in [0.2, 0.25) is 11.8 Å². The first-order chi connectivity index (χ1) is 10.7. The molecule has 0 saturated heterocycles. The Morgan fingerprint density at radius 1 is 1.32 bits per heavy atom. The molecule has 0 radical (unpaired) electrons. The van der Waals surface area contributed by atoms with Crippen molar-refractivity contribution in [3.63, 3.8) is 0 Å². The molecule has 1 fully saturated rings. The Hall–Kier alpha value is -2.69. The van der Waals surface area contributed by atoms with Gasteiger partial charge in [-0.1, -0.05) is 0 Å². The third-order valence-electron chi connectivity index (χ3n) is 3.84. The molecule has 5 nitrogen and oxygen atoms in total. The van der Waals surface area contributed by atoms with Crippen LogP contribution >= 0.6 is 0 Å². The normalized spacial score (nSPS) is 14.2. The number of nitrogens with one attached hydrogen (secondary N) is 1. The maximum Gasteiger partial charge on any atom is 0.228 e. The lowest BCUT2D eigenvalue weighted by Gasteiger charge is -2.08. The van der Waals surface area contributed by atoms with Crippen molar-refractivity contribution in [2.24, 2.45) is 5.92 Å². The number of carbonyl (C=O) groups excluding carboxylic acids is 1. The lowest BCUT2D eigenvalue weighted by Crippen LogP contribution is -2.14. The number of amides is 1. The SMILES string of the molecule is Cc1cc(-c2nc3ncccc3o2)ccc1NC(=O)C1CC1. The maximum absolute atomic E-state index is 11.8. The Kier molecular flexibility index (Phi) is 2.92. The van der Waals surface area contributed by atoms with Gasteiger partial charge in [0.1, 0.15) is 0 Å². The van der Waals surface area contributed by atoms with Gasteiger partial charge in [0.25, 0.3) is 0 Å². The van der Waals surface area contributed by atoms with E-state index in [9.17, 15) is 4.79 Å². The molecule has 0 atom stereocenters. The zero-order valence-corrected chi connectivity index (χ0v) is 12.2. The molecule has 1 amide bonds. The van der Waals surface area contributed by atoms with Crippen LogP contribution in [0, 0.1) is 12.8 Å². The standard InChI is InChI=1S/C17H15N3O2/c1-10-9-12(6-7-13(10)19-16(21)11-4-5-11)17-20-15-14(22-17)3-2-8-18-15/h2-3,6-9,11H,4-5H2,1H3,(H,19,21). The van der Waals surface area contributed by atoms with Crippen molar-refractivity contribution in [2.45, 2.75) is 19.8 Å². The lowest BCUT2D eigenvalue weighted by atomic mass is 10.1. The van der Waals surface area contributed by atoms with Gasteiger partial charge in [-0.25, -0.2) is 4.98 Å². The van der Waals surface area contributed by atoms with Gasteiger partial charge in [-0.05, 0) is 55.7 Å². The second-order valence-electron chi connectivity index (χ2n) is 5.64. The molecule has 0 aliphatic heterocycles. The van der Waals surface area contributed by atoms with E-state index in [4.69, 9.17) is 4.42 Å². The van der Waals surface area contributed by atoms with Crippen LogP contribution in [0.2, 0.25) is 0 Å². The minimum atomic E-state index is 0.113. The van der Waals surface area contributed by atoms with E-state index in [1.165, 1.54) is 0 Å². The van der Waals surface area contributed by atoms with E-state index in [-0.39, 0.29) is 11.8 Å². The molecule has 4 rings (SSSR count). The van der Waals surface area contributed by atoms with E-state index in [1.807, 2.05) is 37.3 Å². The summed E-state index contributed by atoms with van der Waals surface area (Å²) < 4.78 is 5.72. The van der Waals surface area contributed by atoms with Crippen molar-refractivity contribution in [1.29, 1.82) is 0 Å². The molecule has 1 N–H and O–H groups in total. The number of fused-ring (bicyclic) bond motifs is 1. The van der Waals surface area contributed by atoms with Gasteiger partial charge in [-0.2, -0.15) is 4.98 Å². The van der Waals surface area contributed by atoms with Gasteiger partial charge >= 0.3 is 0 Å². The van der Waals surface area contributed by atoms with Crippen LogP contribution in [-0.4, -0.2) is 15.9 Å². The summed E-state index contributed by atoms with van der Waals surface area (Å²) in [6, 6.07) is 9.43. The lowest BCUT2D eigenvalue weighted by molar-refractivity contribution is -0.117. The zero-order chi connectivity index (χ0) is 15.1. The fraction of sp³-hybridized carbons (Fsp3) is 0.235. The van der Waals surface area contributed by atoms with Crippen molar-refractivity contribution >= 4 is 22.8 Å². The van der Waals surface area contributed by atoms with Gasteiger partial charge in [0, 0.05) is 23.4 Å². The molecule has 1 aliphatic carbocycles. The van der Waals surface area contributed by atoms with Crippen LogP contribution in [0.15, 0.2) is 40.9 Å². The zero-order valence-electron chi connectivity index (χ0n) is 12.2. The quantitative estimate of drug-likeness (QED) is 0.802. The van der Waals surface area contributed by atoms with Gasteiger partial charge in [-0.3, -0.25) is 4.79 Å². The molecule has 0 bridgehead atoms. The molecule has 2 aromatic heterocycles. The number of aromatic nitrogens is 2. The third-order valence-corrected chi connectivity index (χ3v) is 3.84. The summed E-state index contributed by atoms with van der Waals surface area (Å²) >= 11 is 0. The molecular weight excluding hydrogens is 278 g/mol. The molecular formula is C17H15N3O2. The highest BCUT2D eigenvalue weighted by Crippen LogP contribution is 2.31. The highest BCUT2D eigenvalue weighted by Gasteiger charge is 2.29. The van der Waals surface area contributed by atoms with E-state index >= 15 is 0 Å². The summed E-state index contributed by atoms with van der Waals surface area (Å²) in [5.74, 6) is 0.848. The monoisotopic (exact) mass is 293 g/mol. The van der Waals surface area contributed by atoms with E-state index < -0.39 is 0 Å². The van der Waals surface area contributed by atoms with Crippen LogP contribution < -0.4 is 5.32 Å². The number of oxazole rings is 1. The van der Waals surface area contributed by atoms with Crippen LogP contribution in [0.5, 0.6) is 0 Å². The van der Waals surface area contributed by atoms with E-state index in [0.29, 0.717) is 17.1 Å². The highest BCUT2D eigenvalue weighted by molar-refractivity contribution is 5.95. The summed E-state index contributed by atoms with van der Waals surface area (Å²) in [5.41, 5.74) is 3.97. The van der Waals surface area contributed by atoms with Crippen molar-refractivity contribution in [1.82, 2.24) is 9.97 Å². The predicted molar refractivity (Wildman–Crippen MR) is 83.3 cm³/mol. The van der Waals surface area contributed by atoms with Crippen LogP contribution in [-0.2, 0) is 4.79 Å². The molecule has 1 aromatic carbocycles. The van der Waals surface area contributed by atoms with Gasteiger partial charge in [0.05, 0.1) is 0 Å². The van der Waals surface area contributed by atoms with Crippen LogP contribution in [0.3, 0.4) is 0 Å². The van der Waals surface area contributed by atoms with Crippen LogP contribution in [0.4, 0.5) is 5.69 Å². The average molecular weight is 293 g/mol. The van der Waals surface area contributed by atoms with Crippen LogP contribution in [0.25, 0.3) is 22.7 Å². The summed E-state index contributed by atoms with van der Waals surface area (Å²) in [4.78, 5) is 20.4. The Labute approximate surface area is 127 Å². The Bertz CT molecular complexity index is 832. The molecule has 2 heterocycles. The first kappa shape index (κ1) is 13.0.